The van der Waals surface area contributed by atoms with E-state index >= 15 is 0 Å². The molecule has 0 atom stereocenters. The van der Waals surface area contributed by atoms with E-state index in [1.54, 1.807) is 6.08 Å². The van der Waals surface area contributed by atoms with Crippen LogP contribution >= 0.6 is 0 Å². The Balaban J connectivity index is 1.80. The van der Waals surface area contributed by atoms with E-state index in [1.807, 2.05) is 48.3 Å². The molecule has 0 unspecified atom stereocenters. The van der Waals surface area contributed by atoms with Crippen LogP contribution in [-0.2, 0) is 19.9 Å². The van der Waals surface area contributed by atoms with E-state index in [9.17, 15) is 0 Å². The van der Waals surface area contributed by atoms with Gasteiger partial charge in [-0.3, -0.25) is 0 Å². The predicted octanol–water partition coefficient (Wildman–Crippen LogP) is 1.64. The van der Waals surface area contributed by atoms with Gasteiger partial charge in [0.05, 0.1) is 22.8 Å². The molecular weight excluding hydrogens is 314 g/mol. The largest absolute Gasteiger partial charge is 0.405 e. The molecule has 0 saturated carbocycles. The van der Waals surface area contributed by atoms with E-state index in [0.717, 1.165) is 52.7 Å². The number of nitrogens with zero attached hydrogens (tertiary/aromatic N) is 5. The van der Waals surface area contributed by atoms with Crippen molar-refractivity contribution in [3.63, 3.8) is 0 Å². The summed E-state index contributed by atoms with van der Waals surface area (Å²) in [5.74, 6) is 0.972. The number of hydrogen-bond acceptors (Lipinski definition) is 5. The predicted molar refractivity (Wildman–Crippen MR) is 98.6 cm³/mol. The fourth-order valence-corrected chi connectivity index (χ4v) is 2.77. The van der Waals surface area contributed by atoms with Gasteiger partial charge in [0.2, 0.25) is 0 Å². The van der Waals surface area contributed by atoms with Crippen molar-refractivity contribution in [2.24, 2.45) is 18.5 Å². The van der Waals surface area contributed by atoms with E-state index in [-0.39, 0.29) is 0 Å². The second kappa shape index (κ2) is 6.80. The van der Waals surface area contributed by atoms with Crippen LogP contribution in [0.25, 0.3) is 11.2 Å². The highest BCUT2D eigenvalue weighted by Gasteiger charge is 2.10. The fraction of sp³-hybridized carbons (Fsp3) is 0.278. The van der Waals surface area contributed by atoms with Crippen molar-refractivity contribution in [2.45, 2.75) is 26.7 Å². The maximum Gasteiger partial charge on any atom is 0.154 e. The fourth-order valence-electron chi connectivity index (χ4n) is 2.77. The zero-order valence-corrected chi connectivity index (χ0v) is 14.8. The highest BCUT2D eigenvalue weighted by atomic mass is 15.3. The summed E-state index contributed by atoms with van der Waals surface area (Å²) in [4.78, 5) is 9.14. The van der Waals surface area contributed by atoms with Gasteiger partial charge in [-0.25, -0.2) is 14.5 Å². The van der Waals surface area contributed by atoms with E-state index < -0.39 is 0 Å². The van der Waals surface area contributed by atoms with Crippen molar-refractivity contribution >= 4 is 11.2 Å². The van der Waals surface area contributed by atoms with E-state index in [1.165, 1.54) is 12.4 Å². The highest BCUT2D eigenvalue weighted by Crippen LogP contribution is 2.15. The molecule has 0 amide bonds. The molecule has 0 radical (unpaired) electrons. The summed E-state index contributed by atoms with van der Waals surface area (Å²) in [6.07, 6.45) is 8.24. The van der Waals surface area contributed by atoms with Gasteiger partial charge in [-0.15, -0.1) is 0 Å². The standard InChI is InChI=1S/C18H23N7/c1-12-13(2)25-18(21-12)7-5-15(23-25)4-6-17-22-16(11-24(17)3)14(10-20)8-9-19/h5,7-11H,4,6,19-20H2,1-3H3/b9-8-,14-10+. The van der Waals surface area contributed by atoms with Gasteiger partial charge in [0.25, 0.3) is 0 Å². The molecule has 7 nitrogen and oxygen atoms in total. The van der Waals surface area contributed by atoms with Crippen LogP contribution < -0.4 is 11.5 Å². The molecule has 0 fully saturated rings. The van der Waals surface area contributed by atoms with Gasteiger partial charge in [-0.05, 0) is 44.7 Å². The second-order valence-electron chi connectivity index (χ2n) is 6.01. The Hall–Kier alpha value is -3.09. The van der Waals surface area contributed by atoms with Crippen LogP contribution in [0.15, 0.2) is 36.8 Å². The lowest BCUT2D eigenvalue weighted by Crippen LogP contribution is -2.04. The van der Waals surface area contributed by atoms with Gasteiger partial charge >= 0.3 is 0 Å². The van der Waals surface area contributed by atoms with Crippen molar-refractivity contribution in [1.82, 2.24) is 24.1 Å². The van der Waals surface area contributed by atoms with Crippen LogP contribution in [0.4, 0.5) is 0 Å². The minimum absolute atomic E-state index is 0.784. The van der Waals surface area contributed by atoms with Crippen molar-refractivity contribution < 1.29 is 0 Å². The third-order valence-corrected chi connectivity index (χ3v) is 4.32. The minimum atomic E-state index is 0.784. The molecule has 25 heavy (non-hydrogen) atoms. The highest BCUT2D eigenvalue weighted by molar-refractivity contribution is 5.70. The Labute approximate surface area is 146 Å². The van der Waals surface area contributed by atoms with Gasteiger partial charge < -0.3 is 16.0 Å². The first-order valence-electron chi connectivity index (χ1n) is 8.18. The average Bonchev–Trinajstić information content (AvgIpc) is 3.11. The van der Waals surface area contributed by atoms with E-state index in [2.05, 4.69) is 15.1 Å². The second-order valence-corrected chi connectivity index (χ2v) is 6.01. The van der Waals surface area contributed by atoms with E-state index in [0.29, 0.717) is 0 Å². The number of hydrogen-bond donors (Lipinski definition) is 2. The van der Waals surface area contributed by atoms with Crippen LogP contribution in [-0.4, -0.2) is 24.1 Å². The molecule has 4 N–H and O–H groups in total. The molecule has 130 valence electrons. The SMILES string of the molecule is Cc1nc2ccc(CCc3nc(C(/C=C\N)=C/N)cn3C)nn2c1C. The van der Waals surface area contributed by atoms with Gasteiger partial charge in [0, 0.05) is 31.4 Å². The Morgan fingerprint density at radius 2 is 1.96 bits per heavy atom. The number of fused-ring (bicyclic) bond motifs is 1. The smallest absolute Gasteiger partial charge is 0.154 e. The molecule has 0 aliphatic heterocycles. The van der Waals surface area contributed by atoms with E-state index in [4.69, 9.17) is 11.5 Å². The third kappa shape index (κ3) is 3.26. The van der Waals surface area contributed by atoms with Crippen LogP contribution in [0, 0.1) is 13.8 Å². The molecule has 0 aromatic carbocycles. The third-order valence-electron chi connectivity index (χ3n) is 4.32. The first kappa shape index (κ1) is 16.8. The first-order chi connectivity index (χ1) is 12.0. The summed E-state index contributed by atoms with van der Waals surface area (Å²) >= 11 is 0. The average molecular weight is 337 g/mol. The zero-order valence-electron chi connectivity index (χ0n) is 14.8. The van der Waals surface area contributed by atoms with Crippen molar-refractivity contribution in [2.75, 3.05) is 0 Å². The van der Waals surface area contributed by atoms with Crippen LogP contribution in [0.2, 0.25) is 0 Å². The van der Waals surface area contributed by atoms with Gasteiger partial charge in [-0.2, -0.15) is 5.10 Å². The maximum absolute atomic E-state index is 5.65. The Morgan fingerprint density at radius 3 is 2.68 bits per heavy atom. The Kier molecular flexibility index (Phi) is 4.56. The van der Waals surface area contributed by atoms with Crippen molar-refractivity contribution in [3.8, 4) is 0 Å². The molecule has 0 aliphatic carbocycles. The summed E-state index contributed by atoms with van der Waals surface area (Å²) in [6, 6.07) is 4.03. The molecule has 0 bridgehead atoms. The van der Waals surface area contributed by atoms with Gasteiger partial charge in [0.1, 0.15) is 5.82 Å². The summed E-state index contributed by atoms with van der Waals surface area (Å²) in [5, 5.41) is 4.69. The Bertz CT molecular complexity index is 959. The number of aryl methyl sites for hydroxylation is 5. The van der Waals surface area contributed by atoms with Gasteiger partial charge in [-0.1, -0.05) is 0 Å². The van der Waals surface area contributed by atoms with Crippen LogP contribution in [0.3, 0.4) is 0 Å². The number of nitrogens with two attached hydrogens (primary N) is 2. The number of imidazole rings is 2. The summed E-state index contributed by atoms with van der Waals surface area (Å²) in [6.45, 7) is 4.03. The molecule has 3 heterocycles. The Morgan fingerprint density at radius 1 is 1.16 bits per heavy atom. The lowest BCUT2D eigenvalue weighted by atomic mass is 10.2. The number of rotatable bonds is 5. The molecule has 0 saturated heterocycles. The molecule has 7 heteroatoms. The summed E-state index contributed by atoms with van der Waals surface area (Å²) in [5.41, 5.74) is 16.7. The molecule has 0 spiro atoms. The van der Waals surface area contributed by atoms with Gasteiger partial charge in [0.15, 0.2) is 5.65 Å². The molecule has 3 aromatic rings. The topological polar surface area (TPSA) is 100 Å². The molecule has 3 aromatic heterocycles. The molecule has 0 aliphatic rings. The lowest BCUT2D eigenvalue weighted by molar-refractivity contribution is 0.741. The zero-order chi connectivity index (χ0) is 18.0. The maximum atomic E-state index is 5.65. The van der Waals surface area contributed by atoms with Crippen LogP contribution in [0.5, 0.6) is 0 Å². The lowest BCUT2D eigenvalue weighted by Gasteiger charge is -2.03. The number of allylic oxidation sites excluding steroid dienone is 2. The summed E-state index contributed by atoms with van der Waals surface area (Å²) in [7, 11) is 1.98. The minimum Gasteiger partial charge on any atom is -0.405 e. The quantitative estimate of drug-likeness (QED) is 0.689. The normalized spacial score (nSPS) is 12.5. The summed E-state index contributed by atoms with van der Waals surface area (Å²) < 4.78 is 3.91. The number of aromatic nitrogens is 5. The monoisotopic (exact) mass is 337 g/mol. The van der Waals surface area contributed by atoms with Crippen molar-refractivity contribution in [3.05, 3.63) is 65.4 Å². The van der Waals surface area contributed by atoms with Crippen molar-refractivity contribution in [1.29, 1.82) is 0 Å². The van der Waals surface area contributed by atoms with Crippen LogP contribution in [0.1, 0.15) is 28.6 Å². The first-order valence-corrected chi connectivity index (χ1v) is 8.18. The molecule has 3 rings (SSSR count). The molecular formula is C18H23N7.